The van der Waals surface area contributed by atoms with Crippen LogP contribution in [0.3, 0.4) is 0 Å². The van der Waals surface area contributed by atoms with Crippen molar-refractivity contribution in [3.8, 4) is 0 Å². The van der Waals surface area contributed by atoms with Crippen molar-refractivity contribution in [2.45, 2.75) is 32.1 Å². The van der Waals surface area contributed by atoms with E-state index in [1.807, 2.05) is 0 Å². The first kappa shape index (κ1) is 8.11. The zero-order chi connectivity index (χ0) is 8.39. The lowest BCUT2D eigenvalue weighted by Gasteiger charge is -2.20. The lowest BCUT2D eigenvalue weighted by Crippen LogP contribution is -2.22. The van der Waals surface area contributed by atoms with Crippen LogP contribution in [0.2, 0.25) is 0 Å². The predicted octanol–water partition coefficient (Wildman–Crippen LogP) is 2.62. The summed E-state index contributed by atoms with van der Waals surface area (Å²) in [6.07, 6.45) is 8.12. The molecule has 1 radical (unpaired) electrons. The van der Waals surface area contributed by atoms with E-state index in [0.717, 1.165) is 5.84 Å². The van der Waals surface area contributed by atoms with Crippen LogP contribution in [-0.4, -0.2) is 5.84 Å². The first-order valence-corrected chi connectivity index (χ1v) is 4.89. The van der Waals surface area contributed by atoms with E-state index >= 15 is 0 Å². The Labute approximate surface area is 77.7 Å². The number of hydrogen-bond donors (Lipinski definition) is 0. The monoisotopic (exact) mass is 183 g/mol. The van der Waals surface area contributed by atoms with Gasteiger partial charge in [-0.2, -0.15) is 0 Å². The molecule has 0 unspecified atom stereocenters. The first-order valence-electron chi connectivity index (χ1n) is 4.51. The molecule has 0 atom stereocenters. The van der Waals surface area contributed by atoms with Crippen LogP contribution >= 0.6 is 11.6 Å². The fourth-order valence-corrected chi connectivity index (χ4v) is 1.98. The van der Waals surface area contributed by atoms with Crippen LogP contribution in [0.25, 0.3) is 0 Å². The number of halogens is 1. The van der Waals surface area contributed by atoms with Crippen molar-refractivity contribution in [3.05, 3.63) is 11.4 Å². The second kappa shape index (κ2) is 3.48. The summed E-state index contributed by atoms with van der Waals surface area (Å²) < 4.78 is 0. The lowest BCUT2D eigenvalue weighted by atomic mass is 9.88. The molecule has 0 N–H and O–H groups in total. The first-order chi connectivity index (χ1) is 5.86. The minimum absolute atomic E-state index is 0.538. The Kier molecular flexibility index (Phi) is 2.35. The Bertz CT molecular complexity index is 227. The van der Waals surface area contributed by atoms with E-state index in [0.29, 0.717) is 11.1 Å². The summed E-state index contributed by atoms with van der Waals surface area (Å²) in [5.41, 5.74) is 0. The second-order valence-electron chi connectivity index (χ2n) is 3.39. The van der Waals surface area contributed by atoms with Crippen molar-refractivity contribution in [2.24, 2.45) is 10.9 Å². The summed E-state index contributed by atoms with van der Waals surface area (Å²) in [6.45, 7) is 0. The zero-order valence-corrected chi connectivity index (χ0v) is 7.72. The van der Waals surface area contributed by atoms with Gasteiger partial charge in [-0.25, -0.2) is 10.3 Å². The van der Waals surface area contributed by atoms with Gasteiger partial charge in [-0.3, -0.25) is 0 Å². The summed E-state index contributed by atoms with van der Waals surface area (Å²) in [4.78, 5) is 4.20. The van der Waals surface area contributed by atoms with Crippen LogP contribution in [0.4, 0.5) is 0 Å². The third kappa shape index (κ3) is 1.63. The molecule has 0 bridgehead atoms. The molecule has 2 aliphatic rings. The molecule has 3 heteroatoms. The van der Waals surface area contributed by atoms with E-state index in [2.05, 4.69) is 10.3 Å². The molecule has 0 aromatic carbocycles. The van der Waals surface area contributed by atoms with E-state index in [-0.39, 0.29) is 0 Å². The fourth-order valence-electron chi connectivity index (χ4n) is 1.84. The highest BCUT2D eigenvalue weighted by Gasteiger charge is 2.22. The van der Waals surface area contributed by atoms with E-state index in [1.54, 1.807) is 6.20 Å². The molecule has 1 heterocycles. The molecule has 0 aromatic heterocycles. The van der Waals surface area contributed by atoms with Gasteiger partial charge in [0.25, 0.3) is 0 Å². The molecule has 0 spiro atoms. The van der Waals surface area contributed by atoms with Gasteiger partial charge in [-0.05, 0) is 12.8 Å². The smallest absolute Gasteiger partial charge is 0.149 e. The van der Waals surface area contributed by atoms with Crippen molar-refractivity contribution in [2.75, 3.05) is 0 Å². The molecular weight excluding hydrogens is 172 g/mol. The minimum Gasteiger partial charge on any atom is -0.238 e. The maximum Gasteiger partial charge on any atom is 0.149 e. The molecule has 2 rings (SSSR count). The topological polar surface area (TPSA) is 26.5 Å². The lowest BCUT2D eigenvalue weighted by molar-refractivity contribution is 0.435. The highest BCUT2D eigenvalue weighted by molar-refractivity contribution is 6.31. The molecule has 0 aromatic rings. The van der Waals surface area contributed by atoms with Gasteiger partial charge < -0.3 is 0 Å². The van der Waals surface area contributed by atoms with E-state index < -0.39 is 0 Å². The van der Waals surface area contributed by atoms with Gasteiger partial charge in [0.05, 0.1) is 6.20 Å². The molecular formula is C9H12ClN2. The van der Waals surface area contributed by atoms with Crippen LogP contribution in [0.5, 0.6) is 0 Å². The van der Waals surface area contributed by atoms with Gasteiger partial charge in [0.15, 0.2) is 0 Å². The van der Waals surface area contributed by atoms with E-state index in [4.69, 9.17) is 11.6 Å². The number of hydrogen-bond acceptors (Lipinski definition) is 1. The second-order valence-corrected chi connectivity index (χ2v) is 3.77. The molecule has 1 aliphatic carbocycles. The minimum atomic E-state index is 0.538. The summed E-state index contributed by atoms with van der Waals surface area (Å²) in [5.74, 6) is 1.53. The zero-order valence-electron chi connectivity index (χ0n) is 6.96. The Balaban J connectivity index is 1.93. The molecule has 2 nitrogen and oxygen atoms in total. The van der Waals surface area contributed by atoms with Gasteiger partial charge in [-0.1, -0.05) is 30.9 Å². The number of rotatable bonds is 1. The van der Waals surface area contributed by atoms with Gasteiger partial charge in [0.1, 0.15) is 11.0 Å². The summed E-state index contributed by atoms with van der Waals surface area (Å²) in [5, 5.41) is 4.73. The normalized spacial score (nSPS) is 24.8. The predicted molar refractivity (Wildman–Crippen MR) is 50.1 cm³/mol. The van der Waals surface area contributed by atoms with Crippen molar-refractivity contribution in [1.29, 1.82) is 0 Å². The van der Waals surface area contributed by atoms with Crippen molar-refractivity contribution in [3.63, 3.8) is 0 Å². The molecule has 0 amide bonds. The summed E-state index contributed by atoms with van der Waals surface area (Å²) in [7, 11) is 0. The van der Waals surface area contributed by atoms with Crippen LogP contribution in [0.1, 0.15) is 32.1 Å². The van der Waals surface area contributed by atoms with Gasteiger partial charge in [-0.15, -0.1) is 0 Å². The molecule has 1 fully saturated rings. The highest BCUT2D eigenvalue weighted by atomic mass is 35.5. The molecule has 12 heavy (non-hydrogen) atoms. The molecule has 1 aliphatic heterocycles. The highest BCUT2D eigenvalue weighted by Crippen LogP contribution is 2.26. The standard InChI is InChI=1S/C9H12ClN2/c10-8-6-11-9(12-8)7-4-2-1-3-5-7/h6-7H,1-5H2. The quantitative estimate of drug-likeness (QED) is 0.559. The number of aliphatic imine (C=N–C) groups is 1. The third-order valence-corrected chi connectivity index (χ3v) is 2.68. The van der Waals surface area contributed by atoms with Gasteiger partial charge >= 0.3 is 0 Å². The number of amidine groups is 1. The average Bonchev–Trinajstić information content (AvgIpc) is 2.54. The maximum absolute atomic E-state index is 5.71. The summed E-state index contributed by atoms with van der Waals surface area (Å²) in [6, 6.07) is 0. The third-order valence-electron chi connectivity index (χ3n) is 2.50. The van der Waals surface area contributed by atoms with Crippen LogP contribution < -0.4 is 5.32 Å². The Morgan fingerprint density at radius 1 is 1.25 bits per heavy atom. The van der Waals surface area contributed by atoms with Crippen molar-refractivity contribution < 1.29 is 0 Å². The fraction of sp³-hybridized carbons (Fsp3) is 0.667. The molecule has 1 saturated carbocycles. The maximum atomic E-state index is 5.71. The average molecular weight is 184 g/mol. The van der Waals surface area contributed by atoms with Crippen molar-refractivity contribution >= 4 is 17.4 Å². The van der Waals surface area contributed by atoms with Crippen LogP contribution in [0, 0.1) is 5.92 Å². The Hall–Kier alpha value is -0.500. The Morgan fingerprint density at radius 3 is 2.58 bits per heavy atom. The SMILES string of the molecule is ClC1=CN=C(C2CCCCC2)[N]1. The summed E-state index contributed by atoms with van der Waals surface area (Å²) >= 11 is 5.71. The Morgan fingerprint density at radius 2 is 2.00 bits per heavy atom. The van der Waals surface area contributed by atoms with Crippen LogP contribution in [-0.2, 0) is 0 Å². The number of nitrogens with zero attached hydrogens (tertiary/aromatic N) is 2. The van der Waals surface area contributed by atoms with Gasteiger partial charge in [0.2, 0.25) is 0 Å². The van der Waals surface area contributed by atoms with Crippen molar-refractivity contribution in [1.82, 2.24) is 5.32 Å². The van der Waals surface area contributed by atoms with Crippen LogP contribution in [0.15, 0.2) is 16.3 Å². The van der Waals surface area contributed by atoms with Gasteiger partial charge in [0, 0.05) is 5.92 Å². The molecule has 0 saturated heterocycles. The largest absolute Gasteiger partial charge is 0.238 e. The molecule has 65 valence electrons. The van der Waals surface area contributed by atoms with E-state index in [1.165, 1.54) is 32.1 Å². The van der Waals surface area contributed by atoms with E-state index in [9.17, 15) is 0 Å².